The summed E-state index contributed by atoms with van der Waals surface area (Å²) in [5, 5.41) is 4.06. The minimum absolute atomic E-state index is 0.576. The molecule has 0 bridgehead atoms. The Morgan fingerprint density at radius 2 is 1.83 bits per heavy atom. The molecule has 4 heteroatoms. The van der Waals surface area contributed by atoms with Crippen molar-refractivity contribution in [2.24, 2.45) is 0 Å². The summed E-state index contributed by atoms with van der Waals surface area (Å²) in [6.07, 6.45) is 0. The smallest absolute Gasteiger partial charge is 0.0766 e. The molecule has 0 atom stereocenters. The van der Waals surface area contributed by atoms with Crippen LogP contribution in [0.1, 0.15) is 6.92 Å². The molecule has 0 spiro atoms. The topological polar surface area (TPSA) is 12.0 Å². The summed E-state index contributed by atoms with van der Waals surface area (Å²) >= 11 is 16.6. The maximum atomic E-state index is 5.87. The molecule has 0 heterocycles. The van der Waals surface area contributed by atoms with Gasteiger partial charge in [0.25, 0.3) is 0 Å². The molecule has 0 saturated carbocycles. The van der Waals surface area contributed by atoms with Crippen LogP contribution in [0.25, 0.3) is 0 Å². The normalized spacial score (nSPS) is 9.58. The second-order valence-corrected chi connectivity index (χ2v) is 3.70. The van der Waals surface area contributed by atoms with Gasteiger partial charge in [-0.05, 0) is 19.1 Å². The van der Waals surface area contributed by atoms with Crippen LogP contribution in [0.3, 0.4) is 0 Å². The van der Waals surface area contributed by atoms with Gasteiger partial charge in [-0.2, -0.15) is 0 Å². The Balaban J connectivity index is 3.04. The summed E-state index contributed by atoms with van der Waals surface area (Å²) in [5.41, 5.74) is 0.674. The molecule has 0 unspecified atom stereocenters. The summed E-state index contributed by atoms with van der Waals surface area (Å²) in [5.74, 6) is 0. The fourth-order valence-corrected chi connectivity index (χ4v) is 1.39. The molecule has 0 aliphatic heterocycles. The monoisotopic (exact) mass is 219 g/mol. The number of thiocarbonyl (C=S) groups is 1. The Labute approximate surface area is 86.7 Å². The summed E-state index contributed by atoms with van der Waals surface area (Å²) in [6.45, 7) is 1.77. The van der Waals surface area contributed by atoms with E-state index in [1.807, 2.05) is 0 Å². The van der Waals surface area contributed by atoms with Crippen molar-refractivity contribution < 1.29 is 0 Å². The molecule has 0 amide bonds. The van der Waals surface area contributed by atoms with Crippen LogP contribution in [-0.2, 0) is 0 Å². The fourth-order valence-electron chi connectivity index (χ4n) is 0.793. The first kappa shape index (κ1) is 9.78. The van der Waals surface area contributed by atoms with Crippen molar-refractivity contribution in [1.29, 1.82) is 0 Å². The van der Waals surface area contributed by atoms with Gasteiger partial charge >= 0.3 is 0 Å². The standard InChI is InChI=1S/C8H7Cl2NS/c1-5(12)11-8-6(9)3-2-4-7(8)10/h2-4H,1H3,(H,11,12). The molecule has 0 aliphatic rings. The zero-order chi connectivity index (χ0) is 9.14. The first-order chi connectivity index (χ1) is 5.61. The van der Waals surface area contributed by atoms with Gasteiger partial charge in [0.2, 0.25) is 0 Å². The Hall–Kier alpha value is -0.310. The van der Waals surface area contributed by atoms with Gasteiger partial charge in [0.05, 0.1) is 20.7 Å². The van der Waals surface area contributed by atoms with Crippen molar-refractivity contribution in [3.05, 3.63) is 28.2 Å². The van der Waals surface area contributed by atoms with E-state index < -0.39 is 0 Å². The number of rotatable bonds is 1. The molecule has 0 aromatic heterocycles. The van der Waals surface area contributed by atoms with Gasteiger partial charge < -0.3 is 5.32 Å². The largest absolute Gasteiger partial charge is 0.348 e. The molecule has 1 aromatic carbocycles. The van der Waals surface area contributed by atoms with E-state index in [1.54, 1.807) is 25.1 Å². The highest BCUT2D eigenvalue weighted by Crippen LogP contribution is 2.29. The highest BCUT2D eigenvalue weighted by Gasteiger charge is 2.03. The van der Waals surface area contributed by atoms with Crippen LogP contribution in [0.15, 0.2) is 18.2 Å². The maximum Gasteiger partial charge on any atom is 0.0766 e. The molecule has 0 fully saturated rings. The molecule has 12 heavy (non-hydrogen) atoms. The molecule has 1 aromatic rings. The molecular formula is C8H7Cl2NS. The molecule has 1 N–H and O–H groups in total. The number of halogens is 2. The summed E-state index contributed by atoms with van der Waals surface area (Å²) in [4.78, 5) is 0.644. The van der Waals surface area contributed by atoms with E-state index in [0.717, 1.165) is 0 Å². The second kappa shape index (κ2) is 4.08. The number of anilines is 1. The first-order valence-corrected chi connectivity index (χ1v) is 4.49. The zero-order valence-corrected chi connectivity index (χ0v) is 8.72. The minimum atomic E-state index is 0.576. The third-order valence-corrected chi connectivity index (χ3v) is 2.00. The molecule has 0 saturated heterocycles. The predicted octanol–water partition coefficient (Wildman–Crippen LogP) is 3.75. The third kappa shape index (κ3) is 2.34. The van der Waals surface area contributed by atoms with Gasteiger partial charge in [-0.25, -0.2) is 0 Å². The summed E-state index contributed by atoms with van der Waals surface area (Å²) < 4.78 is 0. The molecule has 1 rings (SSSR count). The lowest BCUT2D eigenvalue weighted by atomic mass is 10.3. The van der Waals surface area contributed by atoms with Crippen LogP contribution >= 0.6 is 35.4 Å². The van der Waals surface area contributed by atoms with Gasteiger partial charge in [0.1, 0.15) is 0 Å². The third-order valence-electron chi connectivity index (χ3n) is 1.26. The predicted molar refractivity (Wildman–Crippen MR) is 58.4 cm³/mol. The summed E-state index contributed by atoms with van der Waals surface area (Å²) in [6, 6.07) is 5.30. The first-order valence-electron chi connectivity index (χ1n) is 3.33. The number of hydrogen-bond donors (Lipinski definition) is 1. The van der Waals surface area contributed by atoms with Gasteiger partial charge in [-0.3, -0.25) is 0 Å². The van der Waals surface area contributed by atoms with E-state index in [2.05, 4.69) is 5.32 Å². The van der Waals surface area contributed by atoms with Gasteiger partial charge in [-0.1, -0.05) is 41.5 Å². The van der Waals surface area contributed by atoms with Crippen molar-refractivity contribution in [3.63, 3.8) is 0 Å². The van der Waals surface area contributed by atoms with E-state index >= 15 is 0 Å². The number of hydrogen-bond acceptors (Lipinski definition) is 1. The number of benzene rings is 1. The second-order valence-electron chi connectivity index (χ2n) is 2.28. The van der Waals surface area contributed by atoms with Crippen molar-refractivity contribution >= 4 is 46.1 Å². The van der Waals surface area contributed by atoms with Crippen LogP contribution in [0, 0.1) is 0 Å². The lowest BCUT2D eigenvalue weighted by Gasteiger charge is -2.07. The highest BCUT2D eigenvalue weighted by atomic mass is 35.5. The number of para-hydroxylation sites is 1. The lowest BCUT2D eigenvalue weighted by molar-refractivity contribution is 1.63. The average Bonchev–Trinajstić information content (AvgIpc) is 1.97. The zero-order valence-electron chi connectivity index (χ0n) is 6.40. The van der Waals surface area contributed by atoms with Crippen LogP contribution in [0.5, 0.6) is 0 Å². The van der Waals surface area contributed by atoms with Crippen molar-refractivity contribution in [1.82, 2.24) is 0 Å². The van der Waals surface area contributed by atoms with Crippen LogP contribution in [0.2, 0.25) is 10.0 Å². The number of nitrogens with one attached hydrogen (secondary N) is 1. The minimum Gasteiger partial charge on any atom is -0.348 e. The average molecular weight is 220 g/mol. The van der Waals surface area contributed by atoms with Crippen LogP contribution in [-0.4, -0.2) is 4.99 Å². The summed E-state index contributed by atoms with van der Waals surface area (Å²) in [7, 11) is 0. The quantitative estimate of drug-likeness (QED) is 0.723. The Bertz CT molecular complexity index is 292. The van der Waals surface area contributed by atoms with E-state index in [-0.39, 0.29) is 0 Å². The highest BCUT2D eigenvalue weighted by molar-refractivity contribution is 7.80. The maximum absolute atomic E-state index is 5.87. The van der Waals surface area contributed by atoms with Crippen molar-refractivity contribution in [2.75, 3.05) is 5.32 Å². The van der Waals surface area contributed by atoms with Gasteiger partial charge in [0.15, 0.2) is 0 Å². The molecule has 1 nitrogen and oxygen atoms in total. The van der Waals surface area contributed by atoms with Crippen molar-refractivity contribution in [2.45, 2.75) is 6.92 Å². The van der Waals surface area contributed by atoms with E-state index in [4.69, 9.17) is 35.4 Å². The van der Waals surface area contributed by atoms with E-state index in [9.17, 15) is 0 Å². The lowest BCUT2D eigenvalue weighted by Crippen LogP contribution is -2.04. The fraction of sp³-hybridized carbons (Fsp3) is 0.125. The van der Waals surface area contributed by atoms with Gasteiger partial charge in [0, 0.05) is 0 Å². The Kier molecular flexibility index (Phi) is 3.32. The molecular weight excluding hydrogens is 213 g/mol. The van der Waals surface area contributed by atoms with E-state index in [0.29, 0.717) is 20.7 Å². The van der Waals surface area contributed by atoms with Gasteiger partial charge in [-0.15, -0.1) is 0 Å². The van der Waals surface area contributed by atoms with Crippen LogP contribution in [0.4, 0.5) is 5.69 Å². The van der Waals surface area contributed by atoms with Crippen LogP contribution < -0.4 is 5.32 Å². The Morgan fingerprint density at radius 3 is 2.25 bits per heavy atom. The van der Waals surface area contributed by atoms with Crippen molar-refractivity contribution in [3.8, 4) is 0 Å². The molecule has 64 valence electrons. The molecule has 0 radical (unpaired) electrons. The SMILES string of the molecule is CC(=S)Nc1c(Cl)cccc1Cl. The molecule has 0 aliphatic carbocycles. The van der Waals surface area contributed by atoms with E-state index in [1.165, 1.54) is 0 Å². The Morgan fingerprint density at radius 1 is 1.33 bits per heavy atom.